The predicted octanol–water partition coefficient (Wildman–Crippen LogP) is 4.66. The Morgan fingerprint density at radius 2 is 1.96 bits per heavy atom. The number of carbonyl (C=O) groups is 2. The van der Waals surface area contributed by atoms with Gasteiger partial charge >= 0.3 is 6.09 Å². The van der Waals surface area contributed by atoms with E-state index in [1.807, 2.05) is 0 Å². The number of benzene rings is 1. The van der Waals surface area contributed by atoms with Gasteiger partial charge in [0, 0.05) is 5.56 Å². The Hall–Kier alpha value is -2.67. The van der Waals surface area contributed by atoms with Crippen LogP contribution < -0.4 is 11.1 Å². The highest BCUT2D eigenvalue weighted by atomic mass is 35.5. The minimum atomic E-state index is -0.806. The van der Waals surface area contributed by atoms with E-state index in [0.29, 0.717) is 12.1 Å². The molecule has 0 bridgehead atoms. The Morgan fingerprint density at radius 1 is 1.29 bits per heavy atom. The van der Waals surface area contributed by atoms with Crippen LogP contribution in [0.3, 0.4) is 0 Å². The first kappa shape index (κ1) is 21.6. The summed E-state index contributed by atoms with van der Waals surface area (Å²) in [4.78, 5) is 28.7. The number of amides is 1. The number of nitrogens with two attached hydrogens (primary N) is 1. The molecule has 1 atom stereocenters. The third-order valence-electron chi connectivity index (χ3n) is 3.84. The summed E-state index contributed by atoms with van der Waals surface area (Å²) in [5.74, 6) is -1.48. The van der Waals surface area contributed by atoms with Crippen LogP contribution in [0.5, 0.6) is 0 Å². The van der Waals surface area contributed by atoms with Crippen LogP contribution in [0, 0.1) is 5.82 Å². The quantitative estimate of drug-likeness (QED) is 0.702. The molecular formula is C20H23ClFN3O3. The Balaban J connectivity index is 2.38. The highest BCUT2D eigenvalue weighted by Gasteiger charge is 2.26. The average Bonchev–Trinajstić information content (AvgIpc) is 2.59. The fraction of sp³-hybridized carbons (Fsp3) is 0.350. The van der Waals surface area contributed by atoms with Crippen LogP contribution in [0.1, 0.15) is 61.8 Å². The maximum absolute atomic E-state index is 15.2. The molecule has 2 aromatic rings. The SMILES string of the molecule is CC[C@@H](NC(=O)OC(C)(C)C)c1ccc(Cl)c(C(=O)c2ccc(N)cn2)c1F. The Labute approximate surface area is 168 Å². The van der Waals surface area contributed by atoms with E-state index in [-0.39, 0.29) is 21.8 Å². The lowest BCUT2D eigenvalue weighted by Gasteiger charge is -2.24. The average molecular weight is 408 g/mol. The van der Waals surface area contributed by atoms with E-state index < -0.39 is 29.3 Å². The van der Waals surface area contributed by atoms with Crippen LogP contribution in [0.15, 0.2) is 30.5 Å². The largest absolute Gasteiger partial charge is 0.444 e. The summed E-state index contributed by atoms with van der Waals surface area (Å²) < 4.78 is 20.5. The molecule has 1 amide bonds. The van der Waals surface area contributed by atoms with Crippen molar-refractivity contribution in [3.63, 3.8) is 0 Å². The van der Waals surface area contributed by atoms with Crippen LogP contribution in [0.4, 0.5) is 14.9 Å². The molecule has 1 aromatic carbocycles. The first-order valence-electron chi connectivity index (χ1n) is 8.77. The van der Waals surface area contributed by atoms with Gasteiger partial charge in [0.2, 0.25) is 5.78 Å². The van der Waals surface area contributed by atoms with Crippen molar-refractivity contribution in [2.24, 2.45) is 0 Å². The summed E-state index contributed by atoms with van der Waals surface area (Å²) in [6.45, 7) is 6.96. The van der Waals surface area contributed by atoms with Gasteiger partial charge in [-0.05, 0) is 45.4 Å². The number of nitrogens with zero attached hydrogens (tertiary/aromatic N) is 1. The highest BCUT2D eigenvalue weighted by Crippen LogP contribution is 2.29. The molecule has 28 heavy (non-hydrogen) atoms. The number of halogens is 2. The lowest BCUT2D eigenvalue weighted by Crippen LogP contribution is -2.35. The molecule has 0 aliphatic rings. The summed E-state index contributed by atoms with van der Waals surface area (Å²) in [6.07, 6.45) is 1.01. The zero-order valence-corrected chi connectivity index (χ0v) is 16.9. The van der Waals surface area contributed by atoms with Crippen LogP contribution >= 0.6 is 11.6 Å². The monoisotopic (exact) mass is 407 g/mol. The molecule has 0 saturated heterocycles. The van der Waals surface area contributed by atoms with Crippen molar-refractivity contribution < 1.29 is 18.7 Å². The minimum absolute atomic E-state index is 0.0142. The van der Waals surface area contributed by atoms with Crippen LogP contribution in [-0.4, -0.2) is 22.5 Å². The molecule has 0 spiro atoms. The van der Waals surface area contributed by atoms with E-state index in [1.165, 1.54) is 30.5 Å². The zero-order chi connectivity index (χ0) is 21.1. The lowest BCUT2D eigenvalue weighted by atomic mass is 9.97. The van der Waals surface area contributed by atoms with Crippen molar-refractivity contribution in [3.05, 3.63) is 58.1 Å². The zero-order valence-electron chi connectivity index (χ0n) is 16.2. The van der Waals surface area contributed by atoms with Crippen LogP contribution in [0.2, 0.25) is 5.02 Å². The van der Waals surface area contributed by atoms with Crippen LogP contribution in [0.25, 0.3) is 0 Å². The Bertz CT molecular complexity index is 880. The summed E-state index contributed by atoms with van der Waals surface area (Å²) in [6, 6.07) is 5.06. The number of carbonyl (C=O) groups excluding carboxylic acids is 2. The number of hydrogen-bond acceptors (Lipinski definition) is 5. The molecule has 0 aliphatic heterocycles. The molecule has 2 rings (SSSR count). The number of nitrogens with one attached hydrogen (secondary N) is 1. The van der Waals surface area contributed by atoms with Gasteiger partial charge in [-0.25, -0.2) is 9.18 Å². The molecule has 0 saturated carbocycles. The number of rotatable bonds is 5. The van der Waals surface area contributed by atoms with Gasteiger partial charge in [0.05, 0.1) is 28.5 Å². The van der Waals surface area contributed by atoms with Gasteiger partial charge in [0.25, 0.3) is 0 Å². The Morgan fingerprint density at radius 3 is 2.50 bits per heavy atom. The second-order valence-corrected chi connectivity index (χ2v) is 7.65. The first-order valence-corrected chi connectivity index (χ1v) is 9.15. The van der Waals surface area contributed by atoms with Gasteiger partial charge in [-0.1, -0.05) is 24.6 Å². The molecule has 150 valence electrons. The second kappa shape index (κ2) is 8.56. The fourth-order valence-corrected chi connectivity index (χ4v) is 2.79. The normalized spacial score (nSPS) is 12.4. The number of anilines is 1. The topological polar surface area (TPSA) is 94.3 Å². The van der Waals surface area contributed by atoms with Crippen molar-refractivity contribution in [3.8, 4) is 0 Å². The number of ketones is 1. The number of nitrogen functional groups attached to an aromatic ring is 1. The molecule has 0 aliphatic carbocycles. The van der Waals surface area contributed by atoms with Crippen molar-refractivity contribution in [2.75, 3.05) is 5.73 Å². The number of ether oxygens (including phenoxy) is 1. The van der Waals surface area contributed by atoms with Crippen molar-refractivity contribution in [1.29, 1.82) is 0 Å². The maximum atomic E-state index is 15.2. The minimum Gasteiger partial charge on any atom is -0.444 e. The molecule has 6 nitrogen and oxygen atoms in total. The van der Waals surface area contributed by atoms with Crippen molar-refractivity contribution >= 4 is 29.2 Å². The molecule has 0 unspecified atom stereocenters. The number of pyridine rings is 1. The molecule has 8 heteroatoms. The van der Waals surface area contributed by atoms with Crippen molar-refractivity contribution in [1.82, 2.24) is 10.3 Å². The van der Waals surface area contributed by atoms with E-state index in [4.69, 9.17) is 22.1 Å². The van der Waals surface area contributed by atoms with E-state index >= 15 is 4.39 Å². The third kappa shape index (κ3) is 5.19. The van der Waals surface area contributed by atoms with Gasteiger partial charge in [-0.2, -0.15) is 0 Å². The van der Waals surface area contributed by atoms with Gasteiger partial charge in [0.1, 0.15) is 17.1 Å². The van der Waals surface area contributed by atoms with E-state index in [1.54, 1.807) is 27.7 Å². The lowest BCUT2D eigenvalue weighted by molar-refractivity contribution is 0.0501. The maximum Gasteiger partial charge on any atom is 0.408 e. The smallest absolute Gasteiger partial charge is 0.408 e. The molecule has 1 aromatic heterocycles. The van der Waals surface area contributed by atoms with Crippen LogP contribution in [-0.2, 0) is 4.74 Å². The molecule has 0 fully saturated rings. The number of hydrogen-bond donors (Lipinski definition) is 2. The second-order valence-electron chi connectivity index (χ2n) is 7.24. The molecular weight excluding hydrogens is 385 g/mol. The van der Waals surface area contributed by atoms with Crippen molar-refractivity contribution in [2.45, 2.75) is 45.8 Å². The molecule has 1 heterocycles. The van der Waals surface area contributed by atoms with Gasteiger partial charge < -0.3 is 15.8 Å². The van der Waals surface area contributed by atoms with E-state index in [0.717, 1.165) is 0 Å². The van der Waals surface area contributed by atoms with E-state index in [2.05, 4.69) is 10.3 Å². The first-order chi connectivity index (χ1) is 13.0. The summed E-state index contributed by atoms with van der Waals surface area (Å²) in [5, 5.41) is 2.58. The molecule has 0 radical (unpaired) electrons. The predicted molar refractivity (Wildman–Crippen MR) is 106 cm³/mol. The molecule has 3 N–H and O–H groups in total. The van der Waals surface area contributed by atoms with Gasteiger partial charge in [-0.15, -0.1) is 0 Å². The summed E-state index contributed by atoms with van der Waals surface area (Å²) in [7, 11) is 0. The van der Waals surface area contributed by atoms with E-state index in [9.17, 15) is 9.59 Å². The Kier molecular flexibility index (Phi) is 6.61. The van der Waals surface area contributed by atoms with Gasteiger partial charge in [0.15, 0.2) is 0 Å². The standard InChI is InChI=1S/C20H23ClFN3O3/c1-5-14(25-19(27)28-20(2,3)4)12-7-8-13(21)16(17(12)22)18(26)15-9-6-11(23)10-24-15/h6-10,14H,5,23H2,1-4H3,(H,25,27)/t14-/m1/s1. The third-order valence-corrected chi connectivity index (χ3v) is 4.16. The highest BCUT2D eigenvalue weighted by molar-refractivity contribution is 6.35. The number of alkyl carbamates (subject to hydrolysis) is 1. The number of aromatic nitrogens is 1. The summed E-state index contributed by atoms with van der Waals surface area (Å²) >= 11 is 6.09. The van der Waals surface area contributed by atoms with Gasteiger partial charge in [-0.3, -0.25) is 9.78 Å². The summed E-state index contributed by atoms with van der Waals surface area (Å²) in [5.41, 5.74) is 5.10. The fourth-order valence-electron chi connectivity index (χ4n) is 2.56.